The SMILES string of the molecule is Cc1ccccc1-c1ccc2c(c1)c1cc(-c3ccccc3C)ccc1n2-c1c(C#N)cc(C#N)c(-c2nc(-c3ccccc3)cc(-c3ccccc3)n2)c1-c1ccccc1. The molecule has 0 amide bonds. The molecule has 0 N–H and O–H groups in total. The topological polar surface area (TPSA) is 78.3 Å². The van der Waals surface area contributed by atoms with Crippen LogP contribution in [0, 0.1) is 36.5 Å². The molecule has 8 aromatic carbocycles. The molecule has 0 aliphatic heterocycles. The third-order valence-corrected chi connectivity index (χ3v) is 11.6. The van der Waals surface area contributed by atoms with Crippen molar-refractivity contribution in [2.24, 2.45) is 0 Å². The number of hydrogen-bond acceptors (Lipinski definition) is 4. The van der Waals surface area contributed by atoms with Gasteiger partial charge < -0.3 is 4.57 Å². The fourth-order valence-corrected chi connectivity index (χ4v) is 8.66. The monoisotopic (exact) mass is 779 g/mol. The number of nitriles is 2. The molecular formula is C56H37N5. The first kappa shape index (κ1) is 36.9. The van der Waals surface area contributed by atoms with Gasteiger partial charge in [-0.15, -0.1) is 0 Å². The van der Waals surface area contributed by atoms with Crippen LogP contribution in [0.3, 0.4) is 0 Å². The Labute approximate surface area is 354 Å². The van der Waals surface area contributed by atoms with Crippen molar-refractivity contribution in [3.05, 3.63) is 210 Å². The molecule has 0 fully saturated rings. The maximum Gasteiger partial charge on any atom is 0.162 e. The maximum absolute atomic E-state index is 11.1. The van der Waals surface area contributed by atoms with Gasteiger partial charge in [0.05, 0.1) is 45.3 Å². The van der Waals surface area contributed by atoms with Gasteiger partial charge in [-0.1, -0.05) is 152 Å². The first-order valence-corrected chi connectivity index (χ1v) is 20.3. The number of fused-ring (bicyclic) bond motifs is 3. The van der Waals surface area contributed by atoms with Crippen molar-refractivity contribution in [1.29, 1.82) is 10.5 Å². The lowest BCUT2D eigenvalue weighted by Gasteiger charge is -2.21. The van der Waals surface area contributed by atoms with E-state index >= 15 is 0 Å². The zero-order valence-electron chi connectivity index (χ0n) is 33.6. The van der Waals surface area contributed by atoms with Crippen LogP contribution in [0.5, 0.6) is 0 Å². The smallest absolute Gasteiger partial charge is 0.162 e. The van der Waals surface area contributed by atoms with E-state index in [1.165, 1.54) is 11.1 Å². The molecule has 2 heterocycles. The zero-order valence-corrected chi connectivity index (χ0v) is 33.6. The fraction of sp³-hybridized carbons (Fsp3) is 0.0357. The molecule has 5 heteroatoms. The molecule has 0 radical (unpaired) electrons. The van der Waals surface area contributed by atoms with Gasteiger partial charge >= 0.3 is 0 Å². The Morgan fingerprint density at radius 3 is 1.31 bits per heavy atom. The number of nitrogens with zero attached hydrogens (tertiary/aromatic N) is 5. The molecule has 2 aromatic heterocycles. The van der Waals surface area contributed by atoms with E-state index in [1.54, 1.807) is 6.07 Å². The highest BCUT2D eigenvalue weighted by atomic mass is 15.0. The van der Waals surface area contributed by atoms with Crippen molar-refractivity contribution < 1.29 is 0 Å². The van der Waals surface area contributed by atoms with E-state index in [9.17, 15) is 10.5 Å². The van der Waals surface area contributed by atoms with Gasteiger partial charge in [0.15, 0.2) is 5.82 Å². The minimum atomic E-state index is 0.313. The molecule has 0 saturated carbocycles. The molecule has 10 rings (SSSR count). The number of benzene rings is 8. The number of hydrogen-bond donors (Lipinski definition) is 0. The summed E-state index contributed by atoms with van der Waals surface area (Å²) in [6.45, 7) is 4.28. The van der Waals surface area contributed by atoms with E-state index in [1.807, 2.05) is 97.1 Å². The Morgan fingerprint density at radius 1 is 0.410 bits per heavy atom. The highest BCUT2D eigenvalue weighted by Crippen LogP contribution is 2.46. The van der Waals surface area contributed by atoms with E-state index in [2.05, 4.69) is 115 Å². The van der Waals surface area contributed by atoms with Crippen LogP contribution in [-0.4, -0.2) is 14.5 Å². The third-order valence-electron chi connectivity index (χ3n) is 11.6. The van der Waals surface area contributed by atoms with Crippen LogP contribution in [0.4, 0.5) is 0 Å². The summed E-state index contributed by atoms with van der Waals surface area (Å²) in [4.78, 5) is 10.5. The summed E-state index contributed by atoms with van der Waals surface area (Å²) in [5, 5.41) is 24.3. The van der Waals surface area contributed by atoms with E-state index in [-0.39, 0.29) is 0 Å². The predicted octanol–water partition coefficient (Wildman–Crippen LogP) is 13.9. The lowest BCUT2D eigenvalue weighted by Crippen LogP contribution is -2.07. The molecule has 0 aliphatic rings. The van der Waals surface area contributed by atoms with Crippen LogP contribution >= 0.6 is 0 Å². The largest absolute Gasteiger partial charge is 0.307 e. The standard InChI is InChI=1S/C56H37N5/c1-36-16-12-14-24-45(36)41-26-28-51-47(31-41)48-32-42(46-25-15-13-17-37(46)2)27-29-52(48)61(51)55-44(35-58)30-43(34-57)54(53(55)40-22-10-5-11-23-40)56-59-49(38-18-6-3-7-19-38)33-50(60-56)39-20-8-4-9-21-39/h3-33H,1-2H3. The molecule has 0 aliphatic carbocycles. The van der Waals surface area contributed by atoms with Crippen LogP contribution in [0.15, 0.2) is 188 Å². The molecule has 0 spiro atoms. The Bertz CT molecular complexity index is 3230. The van der Waals surface area contributed by atoms with Gasteiger partial charge in [0.1, 0.15) is 6.07 Å². The van der Waals surface area contributed by atoms with Gasteiger partial charge in [0.2, 0.25) is 0 Å². The molecule has 0 unspecified atom stereocenters. The number of rotatable bonds is 7. The van der Waals surface area contributed by atoms with Crippen molar-refractivity contribution in [2.75, 3.05) is 0 Å². The van der Waals surface area contributed by atoms with Crippen LogP contribution in [0.25, 0.3) is 94.8 Å². The van der Waals surface area contributed by atoms with Crippen LogP contribution in [0.2, 0.25) is 0 Å². The van der Waals surface area contributed by atoms with Gasteiger partial charge in [-0.3, -0.25) is 0 Å². The average molecular weight is 780 g/mol. The molecule has 5 nitrogen and oxygen atoms in total. The summed E-state index contributed by atoms with van der Waals surface area (Å²) in [6.07, 6.45) is 0. The normalized spacial score (nSPS) is 11.1. The Balaban J connectivity index is 1.35. The fourth-order valence-electron chi connectivity index (χ4n) is 8.66. The minimum Gasteiger partial charge on any atom is -0.307 e. The van der Waals surface area contributed by atoms with E-state index in [0.717, 1.165) is 72.1 Å². The van der Waals surface area contributed by atoms with Gasteiger partial charge in [-0.05, 0) is 89.2 Å². The first-order valence-electron chi connectivity index (χ1n) is 20.3. The second-order valence-electron chi connectivity index (χ2n) is 15.3. The Morgan fingerprint density at radius 2 is 0.852 bits per heavy atom. The second-order valence-corrected chi connectivity index (χ2v) is 15.3. The van der Waals surface area contributed by atoms with E-state index in [0.29, 0.717) is 33.8 Å². The van der Waals surface area contributed by atoms with Crippen molar-refractivity contribution in [3.63, 3.8) is 0 Å². The average Bonchev–Trinajstić information content (AvgIpc) is 3.64. The summed E-state index contributed by atoms with van der Waals surface area (Å²) in [7, 11) is 0. The zero-order chi connectivity index (χ0) is 41.5. The molecular weight excluding hydrogens is 743 g/mol. The quantitative estimate of drug-likeness (QED) is 0.161. The van der Waals surface area contributed by atoms with Crippen molar-refractivity contribution >= 4 is 21.8 Å². The summed E-state index contributed by atoms with van der Waals surface area (Å²) < 4.78 is 2.21. The number of aryl methyl sites for hydroxylation is 2. The van der Waals surface area contributed by atoms with Gasteiger partial charge in [0.25, 0.3) is 0 Å². The lowest BCUT2D eigenvalue weighted by atomic mass is 9.90. The maximum atomic E-state index is 11.1. The summed E-state index contributed by atoms with van der Waals surface area (Å²) in [5.41, 5.74) is 15.5. The lowest BCUT2D eigenvalue weighted by molar-refractivity contribution is 1.15. The second kappa shape index (κ2) is 15.4. The van der Waals surface area contributed by atoms with Crippen molar-refractivity contribution in [2.45, 2.75) is 13.8 Å². The van der Waals surface area contributed by atoms with E-state index < -0.39 is 0 Å². The van der Waals surface area contributed by atoms with Crippen LogP contribution in [0.1, 0.15) is 22.3 Å². The highest BCUT2D eigenvalue weighted by molar-refractivity contribution is 6.13. The molecule has 286 valence electrons. The highest BCUT2D eigenvalue weighted by Gasteiger charge is 2.28. The molecule has 10 aromatic rings. The predicted molar refractivity (Wildman–Crippen MR) is 248 cm³/mol. The van der Waals surface area contributed by atoms with Gasteiger partial charge in [0, 0.05) is 33.0 Å². The third kappa shape index (κ3) is 6.52. The van der Waals surface area contributed by atoms with Crippen molar-refractivity contribution in [3.8, 4) is 85.1 Å². The van der Waals surface area contributed by atoms with Crippen LogP contribution in [-0.2, 0) is 0 Å². The molecule has 0 saturated heterocycles. The van der Waals surface area contributed by atoms with Crippen molar-refractivity contribution in [1.82, 2.24) is 14.5 Å². The summed E-state index contributed by atoms with van der Waals surface area (Å²) >= 11 is 0. The summed E-state index contributed by atoms with van der Waals surface area (Å²) in [5.74, 6) is 0.394. The Kier molecular flexibility index (Phi) is 9.33. The van der Waals surface area contributed by atoms with E-state index in [4.69, 9.17) is 9.97 Å². The first-order chi connectivity index (χ1) is 30.0. The molecule has 61 heavy (non-hydrogen) atoms. The Hall–Kier alpha value is -8.38. The number of aromatic nitrogens is 3. The molecule has 0 atom stereocenters. The van der Waals surface area contributed by atoms with Gasteiger partial charge in [-0.2, -0.15) is 10.5 Å². The van der Waals surface area contributed by atoms with Crippen LogP contribution < -0.4 is 0 Å². The minimum absolute atomic E-state index is 0.313. The molecule has 0 bridgehead atoms. The summed E-state index contributed by atoms with van der Waals surface area (Å²) in [6, 6.07) is 68.9. The van der Waals surface area contributed by atoms with Gasteiger partial charge in [-0.25, -0.2) is 9.97 Å².